The van der Waals surface area contributed by atoms with E-state index >= 15 is 0 Å². The zero-order valence-electron chi connectivity index (χ0n) is 8.11. The zero-order chi connectivity index (χ0) is 12.1. The highest BCUT2D eigenvalue weighted by atomic mass is 79.9. The predicted octanol–water partition coefficient (Wildman–Crippen LogP) is 1.61. The number of aliphatic carboxylic acids is 1. The smallest absolute Gasteiger partial charge is 0.328 e. The van der Waals surface area contributed by atoms with Gasteiger partial charge in [-0.25, -0.2) is 4.79 Å². The van der Waals surface area contributed by atoms with Crippen LogP contribution in [-0.2, 0) is 9.59 Å². The Bertz CT molecular complexity index is 457. The standard InChI is InChI=1S/C10H9BrN2O3/c11-7-5-6(1-2-8(7)12)13-9(14)3-4-10(15)16/h1-5H,12H2,(H,13,14)(H,15,16)/b4-3+. The summed E-state index contributed by atoms with van der Waals surface area (Å²) in [5.41, 5.74) is 6.65. The quantitative estimate of drug-likeness (QED) is 0.581. The zero-order valence-corrected chi connectivity index (χ0v) is 9.69. The maximum Gasteiger partial charge on any atom is 0.328 e. The van der Waals surface area contributed by atoms with E-state index in [1.807, 2.05) is 0 Å². The topological polar surface area (TPSA) is 92.4 Å². The van der Waals surface area contributed by atoms with Gasteiger partial charge in [0.2, 0.25) is 5.91 Å². The molecule has 0 fully saturated rings. The summed E-state index contributed by atoms with van der Waals surface area (Å²) >= 11 is 3.21. The van der Waals surface area contributed by atoms with E-state index in [4.69, 9.17) is 10.8 Å². The molecule has 0 spiro atoms. The summed E-state index contributed by atoms with van der Waals surface area (Å²) < 4.78 is 0.660. The average molecular weight is 285 g/mol. The molecule has 0 saturated heterocycles. The minimum atomic E-state index is -1.17. The highest BCUT2D eigenvalue weighted by Gasteiger charge is 2.01. The Morgan fingerprint density at radius 2 is 2.06 bits per heavy atom. The van der Waals surface area contributed by atoms with Gasteiger partial charge in [-0.1, -0.05) is 0 Å². The molecule has 1 amide bonds. The molecule has 16 heavy (non-hydrogen) atoms. The predicted molar refractivity (Wildman–Crippen MR) is 64.0 cm³/mol. The van der Waals surface area contributed by atoms with Crippen LogP contribution in [0.2, 0.25) is 0 Å². The lowest BCUT2D eigenvalue weighted by atomic mass is 10.3. The van der Waals surface area contributed by atoms with Crippen molar-refractivity contribution in [2.45, 2.75) is 0 Å². The highest BCUT2D eigenvalue weighted by Crippen LogP contribution is 2.23. The molecule has 0 radical (unpaired) electrons. The summed E-state index contributed by atoms with van der Waals surface area (Å²) in [6.45, 7) is 0. The van der Waals surface area contributed by atoms with E-state index in [-0.39, 0.29) is 0 Å². The van der Waals surface area contributed by atoms with E-state index in [1.165, 1.54) is 0 Å². The van der Waals surface area contributed by atoms with Crippen molar-refractivity contribution < 1.29 is 14.7 Å². The van der Waals surface area contributed by atoms with Crippen molar-refractivity contribution in [2.75, 3.05) is 11.1 Å². The molecule has 1 aromatic carbocycles. The van der Waals surface area contributed by atoms with Crippen LogP contribution in [0.4, 0.5) is 11.4 Å². The number of carboxylic acids is 1. The molecule has 0 aliphatic rings. The molecule has 0 unspecified atom stereocenters. The van der Waals surface area contributed by atoms with Crippen LogP contribution in [0.3, 0.4) is 0 Å². The van der Waals surface area contributed by atoms with Gasteiger partial charge >= 0.3 is 5.97 Å². The molecule has 0 bridgehead atoms. The summed E-state index contributed by atoms with van der Waals surface area (Å²) in [5.74, 6) is -1.69. The number of carbonyl (C=O) groups is 2. The van der Waals surface area contributed by atoms with E-state index in [2.05, 4.69) is 21.2 Å². The monoisotopic (exact) mass is 284 g/mol. The van der Waals surface area contributed by atoms with Gasteiger partial charge < -0.3 is 16.2 Å². The highest BCUT2D eigenvalue weighted by molar-refractivity contribution is 9.10. The molecular weight excluding hydrogens is 276 g/mol. The number of rotatable bonds is 3. The Morgan fingerprint density at radius 3 is 2.62 bits per heavy atom. The van der Waals surface area contributed by atoms with Crippen LogP contribution in [0.15, 0.2) is 34.8 Å². The normalized spacial score (nSPS) is 10.3. The number of nitrogens with one attached hydrogen (secondary N) is 1. The van der Waals surface area contributed by atoms with Crippen LogP contribution >= 0.6 is 15.9 Å². The van der Waals surface area contributed by atoms with Gasteiger partial charge in [0, 0.05) is 28.0 Å². The minimum Gasteiger partial charge on any atom is -0.478 e. The van der Waals surface area contributed by atoms with Crippen LogP contribution in [0.5, 0.6) is 0 Å². The average Bonchev–Trinajstić information content (AvgIpc) is 2.21. The number of halogens is 1. The SMILES string of the molecule is Nc1ccc(NC(=O)/C=C/C(=O)O)cc1Br. The lowest BCUT2D eigenvalue weighted by Gasteiger charge is -2.04. The third-order valence-electron chi connectivity index (χ3n) is 1.65. The second-order valence-corrected chi connectivity index (χ2v) is 3.75. The van der Waals surface area contributed by atoms with E-state index in [0.717, 1.165) is 12.2 Å². The van der Waals surface area contributed by atoms with Crippen LogP contribution < -0.4 is 11.1 Å². The number of anilines is 2. The minimum absolute atomic E-state index is 0.515. The Balaban J connectivity index is 2.70. The largest absolute Gasteiger partial charge is 0.478 e. The van der Waals surface area contributed by atoms with Gasteiger partial charge in [-0.15, -0.1) is 0 Å². The molecule has 84 valence electrons. The summed E-state index contributed by atoms with van der Waals surface area (Å²) in [4.78, 5) is 21.4. The lowest BCUT2D eigenvalue weighted by Crippen LogP contribution is -2.08. The van der Waals surface area contributed by atoms with Gasteiger partial charge in [-0.3, -0.25) is 4.79 Å². The summed E-state index contributed by atoms with van der Waals surface area (Å²) in [6, 6.07) is 4.87. The first-order chi connectivity index (χ1) is 7.49. The van der Waals surface area contributed by atoms with Gasteiger partial charge in [-0.05, 0) is 34.1 Å². The molecule has 1 rings (SSSR count). The van der Waals surface area contributed by atoms with Crippen molar-refractivity contribution >= 4 is 39.2 Å². The molecule has 4 N–H and O–H groups in total. The Labute approximate surface area is 100 Å². The van der Waals surface area contributed by atoms with Gasteiger partial charge in [0.25, 0.3) is 0 Å². The number of carboxylic acid groups (broad SMARTS) is 1. The second-order valence-electron chi connectivity index (χ2n) is 2.90. The Kier molecular flexibility index (Phi) is 4.07. The lowest BCUT2D eigenvalue weighted by molar-refractivity contribution is -0.131. The molecule has 0 aromatic heterocycles. The van der Waals surface area contributed by atoms with Crippen molar-refractivity contribution in [3.63, 3.8) is 0 Å². The summed E-state index contributed by atoms with van der Waals surface area (Å²) in [7, 11) is 0. The van der Waals surface area contributed by atoms with Crippen LogP contribution in [0.25, 0.3) is 0 Å². The molecule has 0 atom stereocenters. The molecule has 0 aliphatic heterocycles. The third-order valence-corrected chi connectivity index (χ3v) is 2.33. The molecule has 0 aliphatic carbocycles. The fourth-order valence-electron chi connectivity index (χ4n) is 0.936. The number of nitrogen functional groups attached to an aromatic ring is 1. The number of amides is 1. The van der Waals surface area contributed by atoms with Crippen LogP contribution in [-0.4, -0.2) is 17.0 Å². The Hall–Kier alpha value is -1.82. The maximum absolute atomic E-state index is 11.2. The summed E-state index contributed by atoms with van der Waals surface area (Å²) in [6.07, 6.45) is 1.70. The van der Waals surface area contributed by atoms with Crippen molar-refractivity contribution in [3.8, 4) is 0 Å². The van der Waals surface area contributed by atoms with Crippen molar-refractivity contribution in [1.29, 1.82) is 0 Å². The molecule has 5 nitrogen and oxygen atoms in total. The van der Waals surface area contributed by atoms with Crippen molar-refractivity contribution in [2.24, 2.45) is 0 Å². The first-order valence-electron chi connectivity index (χ1n) is 4.26. The number of carbonyl (C=O) groups excluding carboxylic acids is 1. The van der Waals surface area contributed by atoms with Crippen LogP contribution in [0.1, 0.15) is 0 Å². The van der Waals surface area contributed by atoms with Gasteiger partial charge in [0.1, 0.15) is 0 Å². The first kappa shape index (κ1) is 12.3. The van der Waals surface area contributed by atoms with Gasteiger partial charge in [0.15, 0.2) is 0 Å². The second kappa shape index (κ2) is 5.32. The fourth-order valence-corrected chi connectivity index (χ4v) is 1.31. The molecule has 6 heteroatoms. The number of benzene rings is 1. The van der Waals surface area contributed by atoms with E-state index in [9.17, 15) is 9.59 Å². The van der Waals surface area contributed by atoms with E-state index in [0.29, 0.717) is 15.8 Å². The van der Waals surface area contributed by atoms with Crippen molar-refractivity contribution in [1.82, 2.24) is 0 Å². The van der Waals surface area contributed by atoms with Gasteiger partial charge in [-0.2, -0.15) is 0 Å². The molecular formula is C10H9BrN2O3. The molecule has 1 aromatic rings. The van der Waals surface area contributed by atoms with E-state index < -0.39 is 11.9 Å². The van der Waals surface area contributed by atoms with E-state index in [1.54, 1.807) is 18.2 Å². The molecule has 0 saturated carbocycles. The van der Waals surface area contributed by atoms with Crippen molar-refractivity contribution in [3.05, 3.63) is 34.8 Å². The maximum atomic E-state index is 11.2. The first-order valence-corrected chi connectivity index (χ1v) is 5.05. The Morgan fingerprint density at radius 1 is 1.38 bits per heavy atom. The van der Waals surface area contributed by atoms with Gasteiger partial charge in [0.05, 0.1) is 0 Å². The molecule has 0 heterocycles. The summed E-state index contributed by atoms with van der Waals surface area (Å²) in [5, 5.41) is 10.8. The third kappa shape index (κ3) is 3.74. The number of hydrogen-bond acceptors (Lipinski definition) is 3. The fraction of sp³-hybridized carbons (Fsp3) is 0. The van der Waals surface area contributed by atoms with Crippen LogP contribution in [0, 0.1) is 0 Å². The number of hydrogen-bond donors (Lipinski definition) is 3. The number of nitrogens with two attached hydrogens (primary N) is 1.